The van der Waals surface area contributed by atoms with Gasteiger partial charge in [-0.2, -0.15) is 0 Å². The van der Waals surface area contributed by atoms with Crippen molar-refractivity contribution in [1.82, 2.24) is 10.2 Å². The maximum Gasteiger partial charge on any atom is 0.326 e. The van der Waals surface area contributed by atoms with Gasteiger partial charge in [-0.25, -0.2) is 4.79 Å². The molecule has 1 heterocycles. The van der Waals surface area contributed by atoms with Crippen molar-refractivity contribution in [3.05, 3.63) is 11.6 Å². The highest BCUT2D eigenvalue weighted by Crippen LogP contribution is 2.54. The van der Waals surface area contributed by atoms with Gasteiger partial charge in [-0.3, -0.25) is 9.59 Å². The van der Waals surface area contributed by atoms with Gasteiger partial charge in [0, 0.05) is 17.9 Å². The zero-order valence-corrected chi connectivity index (χ0v) is 19.3. The van der Waals surface area contributed by atoms with Gasteiger partial charge in [0.2, 0.25) is 11.8 Å². The number of carbonyl (C=O) groups is 3. The fourth-order valence-electron chi connectivity index (χ4n) is 6.24. The summed E-state index contributed by atoms with van der Waals surface area (Å²) in [6, 6.07) is -0.946. The van der Waals surface area contributed by atoms with E-state index >= 15 is 0 Å². The third kappa shape index (κ3) is 3.67. The third-order valence-electron chi connectivity index (χ3n) is 8.12. The van der Waals surface area contributed by atoms with Crippen molar-refractivity contribution in [3.63, 3.8) is 0 Å². The van der Waals surface area contributed by atoms with E-state index in [-0.39, 0.29) is 36.1 Å². The number of carboxylic acids is 1. The molecule has 0 radical (unpaired) electrons. The van der Waals surface area contributed by atoms with Crippen LogP contribution in [0.2, 0.25) is 0 Å². The summed E-state index contributed by atoms with van der Waals surface area (Å²) in [5.74, 6) is -0.292. The first kappa shape index (κ1) is 22.8. The Morgan fingerprint density at radius 3 is 2.43 bits per heavy atom. The van der Waals surface area contributed by atoms with E-state index in [9.17, 15) is 19.5 Å². The molecule has 3 aliphatic rings. The van der Waals surface area contributed by atoms with E-state index in [2.05, 4.69) is 39.1 Å². The third-order valence-corrected chi connectivity index (χ3v) is 8.12. The molecule has 3 rings (SSSR count). The van der Waals surface area contributed by atoms with Gasteiger partial charge in [0.15, 0.2) is 0 Å². The van der Waals surface area contributed by atoms with Crippen LogP contribution in [0.25, 0.3) is 0 Å². The molecule has 1 saturated carbocycles. The number of aliphatic carboxylic acids is 1. The molecule has 2 N–H and O–H groups in total. The number of nitrogens with one attached hydrogen (secondary N) is 1. The first-order valence-electron chi connectivity index (χ1n) is 11.5. The van der Waals surface area contributed by atoms with Crippen molar-refractivity contribution in [2.24, 2.45) is 23.2 Å². The van der Waals surface area contributed by atoms with Crippen LogP contribution in [0.1, 0.15) is 80.1 Å². The molecule has 0 unspecified atom stereocenters. The number of carbonyl (C=O) groups excluding carboxylic acids is 2. The average molecular weight is 419 g/mol. The number of carboxylic acid groups (broad SMARTS) is 1. The molecule has 2 amide bonds. The van der Waals surface area contributed by atoms with Crippen molar-refractivity contribution in [2.75, 3.05) is 0 Å². The highest BCUT2D eigenvalue weighted by atomic mass is 16.4. The van der Waals surface area contributed by atoms with Crippen LogP contribution in [-0.4, -0.2) is 45.4 Å². The molecular formula is C24H38N2O4. The van der Waals surface area contributed by atoms with Crippen molar-refractivity contribution in [2.45, 2.75) is 97.7 Å². The van der Waals surface area contributed by atoms with Gasteiger partial charge < -0.3 is 15.3 Å². The number of likely N-dealkylation sites (tertiary alicyclic amines) is 1. The van der Waals surface area contributed by atoms with Crippen molar-refractivity contribution in [1.29, 1.82) is 0 Å². The number of amides is 2. The zero-order chi connectivity index (χ0) is 22.4. The van der Waals surface area contributed by atoms with Gasteiger partial charge in [0.1, 0.15) is 11.6 Å². The van der Waals surface area contributed by atoms with Crippen molar-refractivity contribution >= 4 is 17.8 Å². The summed E-state index contributed by atoms with van der Waals surface area (Å²) >= 11 is 0. The van der Waals surface area contributed by atoms with E-state index < -0.39 is 17.6 Å². The van der Waals surface area contributed by atoms with Crippen LogP contribution >= 0.6 is 0 Å². The van der Waals surface area contributed by atoms with Crippen LogP contribution < -0.4 is 5.32 Å². The Morgan fingerprint density at radius 1 is 1.23 bits per heavy atom. The molecule has 30 heavy (non-hydrogen) atoms. The van der Waals surface area contributed by atoms with Gasteiger partial charge in [0.25, 0.3) is 0 Å². The summed E-state index contributed by atoms with van der Waals surface area (Å²) < 4.78 is 0. The lowest BCUT2D eigenvalue weighted by Gasteiger charge is -2.52. The smallest absolute Gasteiger partial charge is 0.326 e. The summed E-state index contributed by atoms with van der Waals surface area (Å²) in [4.78, 5) is 39.1. The Labute approximate surface area is 180 Å². The van der Waals surface area contributed by atoms with Gasteiger partial charge in [-0.1, -0.05) is 32.4 Å². The summed E-state index contributed by atoms with van der Waals surface area (Å²) in [6.07, 6.45) is 7.13. The zero-order valence-electron chi connectivity index (χ0n) is 19.3. The van der Waals surface area contributed by atoms with E-state index in [4.69, 9.17) is 0 Å². The number of hydrogen-bond acceptors (Lipinski definition) is 3. The Balaban J connectivity index is 1.93. The summed E-state index contributed by atoms with van der Waals surface area (Å²) in [5.41, 5.74) is 0.104. The molecule has 0 aromatic rings. The molecular weight excluding hydrogens is 380 g/mol. The topological polar surface area (TPSA) is 86.7 Å². The average Bonchev–Trinajstić information content (AvgIpc) is 3.23. The predicted octanol–water partition coefficient (Wildman–Crippen LogP) is 3.75. The van der Waals surface area contributed by atoms with Gasteiger partial charge in [-0.15, -0.1) is 0 Å². The molecule has 6 nitrogen and oxygen atoms in total. The highest BCUT2D eigenvalue weighted by Gasteiger charge is 2.54. The largest absolute Gasteiger partial charge is 0.480 e. The normalized spacial score (nSPS) is 34.6. The number of rotatable bonds is 5. The Hall–Kier alpha value is -1.85. The first-order valence-corrected chi connectivity index (χ1v) is 11.5. The maximum absolute atomic E-state index is 13.6. The Morgan fingerprint density at radius 2 is 1.90 bits per heavy atom. The predicted molar refractivity (Wildman–Crippen MR) is 116 cm³/mol. The molecule has 2 aliphatic carbocycles. The Bertz CT molecular complexity index is 756. The maximum atomic E-state index is 13.6. The lowest BCUT2D eigenvalue weighted by atomic mass is 9.57. The van der Waals surface area contributed by atoms with Crippen LogP contribution in [0.15, 0.2) is 11.6 Å². The van der Waals surface area contributed by atoms with Crippen LogP contribution in [0, 0.1) is 23.2 Å². The molecule has 168 valence electrons. The quantitative estimate of drug-likeness (QED) is 0.666. The first-order chi connectivity index (χ1) is 13.9. The minimum atomic E-state index is -1.21. The molecule has 1 spiro atoms. The lowest BCUT2D eigenvalue weighted by Crippen LogP contribution is -2.65. The Kier molecular flexibility index (Phi) is 6.09. The highest BCUT2D eigenvalue weighted by molar-refractivity contribution is 5.95. The van der Waals surface area contributed by atoms with Crippen molar-refractivity contribution in [3.8, 4) is 0 Å². The van der Waals surface area contributed by atoms with E-state index in [0.717, 1.165) is 25.7 Å². The van der Waals surface area contributed by atoms with Gasteiger partial charge in [0.05, 0.1) is 0 Å². The second-order valence-electron chi connectivity index (χ2n) is 10.7. The molecule has 5 atom stereocenters. The summed E-state index contributed by atoms with van der Waals surface area (Å²) in [5, 5.41) is 12.9. The molecule has 1 aliphatic heterocycles. The van der Waals surface area contributed by atoms with Crippen LogP contribution in [0.4, 0.5) is 0 Å². The summed E-state index contributed by atoms with van der Waals surface area (Å²) in [7, 11) is 0. The second-order valence-corrected chi connectivity index (χ2v) is 10.7. The minimum absolute atomic E-state index is 0.00791. The van der Waals surface area contributed by atoms with E-state index in [1.165, 1.54) is 10.5 Å². The molecule has 0 aromatic heterocycles. The fourth-order valence-corrected chi connectivity index (χ4v) is 6.24. The minimum Gasteiger partial charge on any atom is -0.480 e. The van der Waals surface area contributed by atoms with Crippen molar-refractivity contribution < 1.29 is 19.5 Å². The molecule has 0 bridgehead atoms. The van der Waals surface area contributed by atoms with E-state index in [1.807, 2.05) is 0 Å². The van der Waals surface area contributed by atoms with Crippen LogP contribution in [0.3, 0.4) is 0 Å². The van der Waals surface area contributed by atoms with Gasteiger partial charge >= 0.3 is 5.97 Å². The molecule has 2 fully saturated rings. The summed E-state index contributed by atoms with van der Waals surface area (Å²) in [6.45, 7) is 12.3. The fraction of sp³-hybridized carbons (Fsp3) is 0.792. The molecule has 1 saturated heterocycles. The SMILES string of the molecule is CC1=C[C@]2(CC1)[C@H](C)CC[C@@H](C(C)C)[C@H]2NC(=O)C(C)(C)N1C(=O)CC[C@@H]1C(=O)O. The standard InChI is InChI=1S/C24H38N2O4/c1-14(2)17-8-7-16(4)24(12-11-15(3)13-24)20(17)25-22(30)23(5,6)26-18(21(28)29)9-10-19(26)27/h13-14,16-18,20H,7-12H2,1-6H3,(H,25,30)(H,28,29)/t16-,17+,18-,20-,24-/m1/s1. The number of nitrogens with zero attached hydrogens (tertiary/aromatic N) is 1. The molecule has 0 aromatic carbocycles. The van der Waals surface area contributed by atoms with E-state index in [0.29, 0.717) is 17.8 Å². The van der Waals surface area contributed by atoms with Crippen LogP contribution in [-0.2, 0) is 14.4 Å². The van der Waals surface area contributed by atoms with E-state index in [1.54, 1.807) is 13.8 Å². The number of hydrogen-bond donors (Lipinski definition) is 2. The second kappa shape index (κ2) is 8.01. The molecule has 6 heteroatoms. The lowest BCUT2D eigenvalue weighted by molar-refractivity contribution is -0.155. The van der Waals surface area contributed by atoms with Crippen LogP contribution in [0.5, 0.6) is 0 Å². The van der Waals surface area contributed by atoms with Gasteiger partial charge in [-0.05, 0) is 70.6 Å². The monoisotopic (exact) mass is 418 g/mol. The number of allylic oxidation sites excluding steroid dienone is 1.